The zero-order valence-electron chi connectivity index (χ0n) is 5.78. The number of hydrogen-bond acceptors (Lipinski definition) is 3. The van der Waals surface area contributed by atoms with E-state index in [1.807, 2.05) is 24.3 Å². The molecule has 0 aliphatic carbocycles. The fraction of sp³-hybridized carbons (Fsp3) is 0.125. The number of nitrogens with one attached hydrogen (secondary N) is 1. The van der Waals surface area contributed by atoms with E-state index >= 15 is 0 Å². The largest absolute Gasteiger partial charge is 0.367 e. The Morgan fingerprint density at radius 2 is 2.27 bits per heavy atom. The molecule has 1 aromatic carbocycles. The standard InChI is InChI=1S/C8H7N2S/c11-8-5-9-6-3-1-2-4-7(6)10-8/h1-4,8,10-11H. The molecule has 1 radical (unpaired) electrons. The lowest BCUT2D eigenvalue weighted by atomic mass is 10.2. The number of aliphatic imine (C=N–C) groups is 1. The van der Waals surface area contributed by atoms with Gasteiger partial charge in [-0.25, -0.2) is 4.99 Å². The maximum Gasteiger partial charge on any atom is 0.114 e. The molecule has 0 bridgehead atoms. The molecule has 1 atom stereocenters. The average Bonchev–Trinajstić information content (AvgIpc) is 2.04. The quantitative estimate of drug-likeness (QED) is 0.561. The Bertz CT molecular complexity index is 296. The van der Waals surface area contributed by atoms with E-state index in [-0.39, 0.29) is 5.37 Å². The summed E-state index contributed by atoms with van der Waals surface area (Å²) in [5.41, 5.74) is 1.95. The van der Waals surface area contributed by atoms with Crippen molar-refractivity contribution in [2.24, 2.45) is 4.99 Å². The van der Waals surface area contributed by atoms with Gasteiger partial charge in [-0.1, -0.05) is 12.1 Å². The second-order valence-electron chi connectivity index (χ2n) is 2.30. The van der Waals surface area contributed by atoms with Gasteiger partial charge in [0, 0.05) is 0 Å². The van der Waals surface area contributed by atoms with Crippen molar-refractivity contribution in [1.29, 1.82) is 0 Å². The number of benzene rings is 1. The maximum absolute atomic E-state index is 4.17. The number of hydrogen-bond donors (Lipinski definition) is 2. The summed E-state index contributed by atoms with van der Waals surface area (Å²) in [6.45, 7) is 0. The van der Waals surface area contributed by atoms with Gasteiger partial charge in [0.25, 0.3) is 0 Å². The fourth-order valence-corrected chi connectivity index (χ4v) is 1.20. The zero-order valence-corrected chi connectivity index (χ0v) is 6.68. The molecule has 0 saturated heterocycles. The summed E-state index contributed by atoms with van der Waals surface area (Å²) in [7, 11) is 0. The molecule has 0 saturated carbocycles. The third-order valence-corrected chi connectivity index (χ3v) is 1.75. The van der Waals surface area contributed by atoms with Crippen LogP contribution in [0.25, 0.3) is 0 Å². The summed E-state index contributed by atoms with van der Waals surface area (Å²) in [5.74, 6) is 0. The van der Waals surface area contributed by atoms with E-state index in [4.69, 9.17) is 0 Å². The zero-order chi connectivity index (χ0) is 7.68. The van der Waals surface area contributed by atoms with Crippen molar-refractivity contribution in [2.45, 2.75) is 5.37 Å². The SMILES string of the molecule is SC1[C]=Nc2ccccc2N1. The van der Waals surface area contributed by atoms with Crippen molar-refractivity contribution in [3.63, 3.8) is 0 Å². The number of rotatable bonds is 0. The molecule has 0 aromatic heterocycles. The van der Waals surface area contributed by atoms with Crippen molar-refractivity contribution in [3.05, 3.63) is 24.3 Å². The number of thiol groups is 1. The first-order valence-electron chi connectivity index (χ1n) is 3.36. The molecular formula is C8H7N2S. The minimum absolute atomic E-state index is 0.0788. The van der Waals surface area contributed by atoms with Crippen molar-refractivity contribution in [2.75, 3.05) is 5.32 Å². The number of para-hydroxylation sites is 2. The second kappa shape index (κ2) is 2.58. The number of fused-ring (bicyclic) bond motifs is 1. The van der Waals surface area contributed by atoms with E-state index in [1.165, 1.54) is 0 Å². The van der Waals surface area contributed by atoms with Crippen LogP contribution in [0, 0.1) is 0 Å². The summed E-state index contributed by atoms with van der Waals surface area (Å²) < 4.78 is 0. The minimum Gasteiger partial charge on any atom is -0.367 e. The van der Waals surface area contributed by atoms with Gasteiger partial charge < -0.3 is 5.32 Å². The molecule has 1 aromatic rings. The monoisotopic (exact) mass is 163 g/mol. The van der Waals surface area contributed by atoms with Gasteiger partial charge in [0.1, 0.15) is 5.37 Å². The van der Waals surface area contributed by atoms with Gasteiger partial charge in [-0.3, -0.25) is 0 Å². The van der Waals surface area contributed by atoms with Crippen LogP contribution < -0.4 is 5.32 Å². The maximum atomic E-state index is 4.17. The Labute approximate surface area is 70.8 Å². The molecule has 0 amide bonds. The lowest BCUT2D eigenvalue weighted by Gasteiger charge is -2.15. The van der Waals surface area contributed by atoms with Crippen LogP contribution in [0.5, 0.6) is 0 Å². The highest BCUT2D eigenvalue weighted by atomic mass is 32.1. The van der Waals surface area contributed by atoms with Gasteiger partial charge in [-0.05, 0) is 12.1 Å². The van der Waals surface area contributed by atoms with Gasteiger partial charge in [-0.2, -0.15) is 0 Å². The molecule has 1 heterocycles. The van der Waals surface area contributed by atoms with Crippen LogP contribution in [0.3, 0.4) is 0 Å². The topological polar surface area (TPSA) is 24.4 Å². The van der Waals surface area contributed by atoms with E-state index < -0.39 is 0 Å². The molecule has 2 rings (SSSR count). The molecule has 0 fully saturated rings. The fourth-order valence-electron chi connectivity index (χ4n) is 1.00. The molecule has 55 valence electrons. The summed E-state index contributed by atoms with van der Waals surface area (Å²) in [6.07, 6.45) is 2.82. The molecule has 1 aliphatic rings. The Hall–Kier alpha value is -0.960. The Balaban J connectivity index is 2.46. The van der Waals surface area contributed by atoms with Crippen molar-refractivity contribution >= 4 is 30.2 Å². The van der Waals surface area contributed by atoms with Crippen LogP contribution in [-0.4, -0.2) is 11.6 Å². The second-order valence-corrected chi connectivity index (χ2v) is 2.82. The number of nitrogens with zero attached hydrogens (tertiary/aromatic N) is 1. The van der Waals surface area contributed by atoms with Crippen LogP contribution >= 0.6 is 12.6 Å². The molecule has 11 heavy (non-hydrogen) atoms. The van der Waals surface area contributed by atoms with Crippen LogP contribution in [-0.2, 0) is 0 Å². The highest BCUT2D eigenvalue weighted by Gasteiger charge is 2.08. The lowest BCUT2D eigenvalue weighted by molar-refractivity contribution is 1.28. The molecular weight excluding hydrogens is 156 g/mol. The first-order valence-corrected chi connectivity index (χ1v) is 3.88. The Kier molecular flexibility index (Phi) is 1.58. The normalized spacial score (nSPS) is 20.6. The van der Waals surface area contributed by atoms with Crippen LogP contribution in [0.2, 0.25) is 0 Å². The van der Waals surface area contributed by atoms with Crippen molar-refractivity contribution in [3.8, 4) is 0 Å². The molecule has 0 spiro atoms. The van der Waals surface area contributed by atoms with Crippen LogP contribution in [0.4, 0.5) is 11.4 Å². The average molecular weight is 163 g/mol. The lowest BCUT2D eigenvalue weighted by Crippen LogP contribution is -2.16. The van der Waals surface area contributed by atoms with Gasteiger partial charge >= 0.3 is 0 Å². The third-order valence-electron chi connectivity index (χ3n) is 1.50. The molecule has 1 aliphatic heterocycles. The van der Waals surface area contributed by atoms with Crippen LogP contribution in [0.1, 0.15) is 0 Å². The summed E-state index contributed by atoms with van der Waals surface area (Å²) >= 11 is 4.17. The summed E-state index contributed by atoms with van der Waals surface area (Å²) in [6, 6.07) is 7.83. The van der Waals surface area contributed by atoms with Crippen molar-refractivity contribution < 1.29 is 0 Å². The van der Waals surface area contributed by atoms with E-state index in [9.17, 15) is 0 Å². The first kappa shape index (κ1) is 6.73. The van der Waals surface area contributed by atoms with E-state index in [2.05, 4.69) is 29.2 Å². The number of anilines is 1. The smallest absolute Gasteiger partial charge is 0.114 e. The van der Waals surface area contributed by atoms with E-state index in [1.54, 1.807) is 0 Å². The molecule has 1 unspecified atom stereocenters. The van der Waals surface area contributed by atoms with Gasteiger partial charge in [0.15, 0.2) is 0 Å². The van der Waals surface area contributed by atoms with E-state index in [0.29, 0.717) is 0 Å². The Morgan fingerprint density at radius 1 is 1.45 bits per heavy atom. The van der Waals surface area contributed by atoms with Crippen LogP contribution in [0.15, 0.2) is 29.3 Å². The third kappa shape index (κ3) is 1.24. The highest BCUT2D eigenvalue weighted by Crippen LogP contribution is 2.27. The Morgan fingerprint density at radius 3 is 3.18 bits per heavy atom. The highest BCUT2D eigenvalue weighted by molar-refractivity contribution is 7.81. The van der Waals surface area contributed by atoms with Crippen molar-refractivity contribution in [1.82, 2.24) is 0 Å². The van der Waals surface area contributed by atoms with E-state index in [0.717, 1.165) is 11.4 Å². The van der Waals surface area contributed by atoms with Gasteiger partial charge in [0.05, 0.1) is 17.6 Å². The first-order chi connectivity index (χ1) is 5.36. The molecule has 2 nitrogen and oxygen atoms in total. The van der Waals surface area contributed by atoms with Gasteiger partial charge in [-0.15, -0.1) is 12.6 Å². The van der Waals surface area contributed by atoms with Gasteiger partial charge in [0.2, 0.25) is 0 Å². The molecule has 1 N–H and O–H groups in total. The predicted octanol–water partition coefficient (Wildman–Crippen LogP) is 1.95. The predicted molar refractivity (Wildman–Crippen MR) is 49.9 cm³/mol. The molecule has 3 heteroatoms. The summed E-state index contributed by atoms with van der Waals surface area (Å²) in [5, 5.41) is 3.04. The minimum atomic E-state index is -0.0788. The summed E-state index contributed by atoms with van der Waals surface area (Å²) in [4.78, 5) is 4.09.